The largest absolute Gasteiger partial charge is 0.459 e. The number of benzene rings is 3. The third-order valence-corrected chi connectivity index (χ3v) is 5.30. The Bertz CT molecular complexity index is 992. The molecule has 4 heteroatoms. The summed E-state index contributed by atoms with van der Waals surface area (Å²) in [6, 6.07) is 25.2. The second kappa shape index (κ2) is 11.8. The van der Waals surface area contributed by atoms with Gasteiger partial charge in [0.25, 0.3) is 0 Å². The summed E-state index contributed by atoms with van der Waals surface area (Å²) < 4.78 is 10.6. The van der Waals surface area contributed by atoms with Crippen LogP contribution in [0, 0.1) is 0 Å². The smallest absolute Gasteiger partial charge is 0.338 e. The van der Waals surface area contributed by atoms with E-state index in [0.717, 1.165) is 43.2 Å². The van der Waals surface area contributed by atoms with Crippen LogP contribution in [0.1, 0.15) is 55.5 Å². The lowest BCUT2D eigenvalue weighted by molar-refractivity contribution is -0.131. The highest BCUT2D eigenvalue weighted by atomic mass is 16.5. The molecule has 0 fully saturated rings. The molecule has 0 amide bonds. The van der Waals surface area contributed by atoms with Gasteiger partial charge in [-0.2, -0.15) is 0 Å². The standard InChI is InChI=1S/C28H30O4/c1-21(31-28(30)26-11-7-4-8-12-26)9-5-3-6-10-23-13-15-24(16-14-23)25-17-19-27(20-18-25)32-22(2)29/h4,7-8,11-21H,3,5-6,9-10H2,1-2H3. The summed E-state index contributed by atoms with van der Waals surface area (Å²) in [5, 5.41) is 0. The van der Waals surface area contributed by atoms with E-state index in [1.54, 1.807) is 12.1 Å². The molecule has 3 aromatic rings. The molecule has 32 heavy (non-hydrogen) atoms. The average molecular weight is 431 g/mol. The van der Waals surface area contributed by atoms with Gasteiger partial charge in [-0.15, -0.1) is 0 Å². The van der Waals surface area contributed by atoms with E-state index < -0.39 is 0 Å². The Morgan fingerprint density at radius 3 is 2.03 bits per heavy atom. The van der Waals surface area contributed by atoms with Gasteiger partial charge < -0.3 is 9.47 Å². The first kappa shape index (κ1) is 23.3. The van der Waals surface area contributed by atoms with Crippen molar-refractivity contribution in [3.8, 4) is 16.9 Å². The second-order valence-corrected chi connectivity index (χ2v) is 8.00. The summed E-state index contributed by atoms with van der Waals surface area (Å²) in [7, 11) is 0. The number of aryl methyl sites for hydroxylation is 1. The zero-order valence-corrected chi connectivity index (χ0v) is 18.8. The van der Waals surface area contributed by atoms with Crippen molar-refractivity contribution in [1.29, 1.82) is 0 Å². The maximum Gasteiger partial charge on any atom is 0.338 e. The molecule has 166 valence electrons. The highest BCUT2D eigenvalue weighted by molar-refractivity contribution is 5.89. The summed E-state index contributed by atoms with van der Waals surface area (Å²) >= 11 is 0. The molecule has 0 bridgehead atoms. The van der Waals surface area contributed by atoms with Gasteiger partial charge in [-0.1, -0.05) is 61.0 Å². The molecule has 3 aromatic carbocycles. The van der Waals surface area contributed by atoms with Crippen molar-refractivity contribution in [1.82, 2.24) is 0 Å². The molecule has 0 saturated heterocycles. The summed E-state index contributed by atoms with van der Waals surface area (Å²) in [6.45, 7) is 3.35. The van der Waals surface area contributed by atoms with Gasteiger partial charge in [0.05, 0.1) is 11.7 Å². The number of ether oxygens (including phenoxy) is 2. The predicted molar refractivity (Wildman–Crippen MR) is 127 cm³/mol. The van der Waals surface area contributed by atoms with E-state index in [1.807, 2.05) is 49.4 Å². The van der Waals surface area contributed by atoms with Crippen LogP contribution in [-0.4, -0.2) is 18.0 Å². The van der Waals surface area contributed by atoms with Crippen molar-refractivity contribution < 1.29 is 19.1 Å². The maximum absolute atomic E-state index is 12.1. The highest BCUT2D eigenvalue weighted by Gasteiger charge is 2.11. The van der Waals surface area contributed by atoms with E-state index in [1.165, 1.54) is 12.5 Å². The molecule has 0 N–H and O–H groups in total. The lowest BCUT2D eigenvalue weighted by Gasteiger charge is -2.13. The third-order valence-electron chi connectivity index (χ3n) is 5.30. The first-order chi connectivity index (χ1) is 15.5. The van der Waals surface area contributed by atoms with Crippen molar-refractivity contribution in [3.05, 3.63) is 90.0 Å². The van der Waals surface area contributed by atoms with E-state index in [-0.39, 0.29) is 18.0 Å². The van der Waals surface area contributed by atoms with Gasteiger partial charge in [0.15, 0.2) is 0 Å². The predicted octanol–water partition coefficient (Wildman–Crippen LogP) is 6.63. The van der Waals surface area contributed by atoms with Crippen LogP contribution in [0.3, 0.4) is 0 Å². The normalized spacial score (nSPS) is 11.6. The minimum atomic E-state index is -0.315. The van der Waals surface area contributed by atoms with Gasteiger partial charge >= 0.3 is 11.9 Å². The van der Waals surface area contributed by atoms with Crippen LogP contribution in [0.4, 0.5) is 0 Å². The highest BCUT2D eigenvalue weighted by Crippen LogP contribution is 2.23. The molecular weight excluding hydrogens is 400 g/mol. The van der Waals surface area contributed by atoms with Crippen molar-refractivity contribution in [3.63, 3.8) is 0 Å². The lowest BCUT2D eigenvalue weighted by Crippen LogP contribution is -2.14. The minimum absolute atomic E-state index is 0.0748. The van der Waals surface area contributed by atoms with E-state index >= 15 is 0 Å². The van der Waals surface area contributed by atoms with E-state index in [0.29, 0.717) is 11.3 Å². The number of carbonyl (C=O) groups excluding carboxylic acids is 2. The van der Waals surface area contributed by atoms with Crippen LogP contribution in [0.2, 0.25) is 0 Å². The Balaban J connectivity index is 1.36. The van der Waals surface area contributed by atoms with Crippen LogP contribution in [-0.2, 0) is 16.0 Å². The third kappa shape index (κ3) is 7.38. The molecule has 0 spiro atoms. The van der Waals surface area contributed by atoms with Crippen LogP contribution in [0.5, 0.6) is 5.75 Å². The number of rotatable bonds is 10. The van der Waals surface area contributed by atoms with E-state index in [9.17, 15) is 9.59 Å². The zero-order valence-electron chi connectivity index (χ0n) is 18.8. The minimum Gasteiger partial charge on any atom is -0.459 e. The molecule has 0 heterocycles. The average Bonchev–Trinajstić information content (AvgIpc) is 2.80. The number of carbonyl (C=O) groups is 2. The van der Waals surface area contributed by atoms with Gasteiger partial charge in [-0.3, -0.25) is 4.79 Å². The summed E-state index contributed by atoms with van der Waals surface area (Å²) in [4.78, 5) is 23.1. The molecule has 1 unspecified atom stereocenters. The molecule has 4 nitrogen and oxygen atoms in total. The summed E-state index contributed by atoms with van der Waals surface area (Å²) in [5.74, 6) is -0.00834. The first-order valence-electron chi connectivity index (χ1n) is 11.1. The van der Waals surface area contributed by atoms with Crippen LogP contribution in [0.15, 0.2) is 78.9 Å². The summed E-state index contributed by atoms with van der Waals surface area (Å²) in [5.41, 5.74) is 4.14. The lowest BCUT2D eigenvalue weighted by atomic mass is 10.0. The van der Waals surface area contributed by atoms with Crippen LogP contribution in [0.25, 0.3) is 11.1 Å². The maximum atomic E-state index is 12.1. The molecule has 0 radical (unpaired) electrons. The zero-order chi connectivity index (χ0) is 22.8. The van der Waals surface area contributed by atoms with Gasteiger partial charge in [0, 0.05) is 6.92 Å². The van der Waals surface area contributed by atoms with Gasteiger partial charge in [-0.05, 0) is 73.6 Å². The Kier molecular flexibility index (Phi) is 8.61. The molecule has 0 aliphatic carbocycles. The van der Waals surface area contributed by atoms with Gasteiger partial charge in [0.1, 0.15) is 5.75 Å². The first-order valence-corrected chi connectivity index (χ1v) is 11.1. The quantitative estimate of drug-likeness (QED) is 0.206. The SMILES string of the molecule is CC(=O)Oc1ccc(-c2ccc(CCCCCC(C)OC(=O)c3ccccc3)cc2)cc1. The Morgan fingerprint density at radius 1 is 0.781 bits per heavy atom. The summed E-state index contributed by atoms with van der Waals surface area (Å²) in [6.07, 6.45) is 5.08. The van der Waals surface area contributed by atoms with Crippen molar-refractivity contribution in [2.24, 2.45) is 0 Å². The van der Waals surface area contributed by atoms with Crippen molar-refractivity contribution in [2.45, 2.75) is 52.1 Å². The Labute approximate surface area is 190 Å². The van der Waals surface area contributed by atoms with Gasteiger partial charge in [-0.25, -0.2) is 4.79 Å². The molecular formula is C28H30O4. The number of hydrogen-bond acceptors (Lipinski definition) is 4. The fourth-order valence-electron chi connectivity index (χ4n) is 3.57. The Morgan fingerprint density at radius 2 is 1.41 bits per heavy atom. The van der Waals surface area contributed by atoms with Crippen molar-refractivity contribution in [2.75, 3.05) is 0 Å². The van der Waals surface area contributed by atoms with E-state index in [4.69, 9.17) is 9.47 Å². The molecule has 1 atom stereocenters. The molecule has 3 rings (SSSR count). The van der Waals surface area contributed by atoms with Crippen LogP contribution < -0.4 is 4.74 Å². The molecule has 0 saturated carbocycles. The fraction of sp³-hybridized carbons (Fsp3) is 0.286. The van der Waals surface area contributed by atoms with E-state index in [2.05, 4.69) is 24.3 Å². The number of esters is 2. The molecule has 0 aromatic heterocycles. The number of unbranched alkanes of at least 4 members (excludes halogenated alkanes) is 2. The molecule has 0 aliphatic heterocycles. The monoisotopic (exact) mass is 430 g/mol. The topological polar surface area (TPSA) is 52.6 Å². The number of hydrogen-bond donors (Lipinski definition) is 0. The van der Waals surface area contributed by atoms with Crippen LogP contribution >= 0.6 is 0 Å². The second-order valence-electron chi connectivity index (χ2n) is 8.00. The Hall–Kier alpha value is -3.40. The van der Waals surface area contributed by atoms with Gasteiger partial charge in [0.2, 0.25) is 0 Å². The molecule has 0 aliphatic rings. The van der Waals surface area contributed by atoms with Crippen molar-refractivity contribution >= 4 is 11.9 Å². The fourth-order valence-corrected chi connectivity index (χ4v) is 3.57.